The molecule has 0 heterocycles. The van der Waals surface area contributed by atoms with Crippen molar-refractivity contribution in [3.8, 4) is 0 Å². The summed E-state index contributed by atoms with van der Waals surface area (Å²) in [5, 5.41) is 2.72. The number of aliphatic imine (C=N–C) groups is 1. The number of hydrogen-bond donors (Lipinski definition) is 2. The lowest BCUT2D eigenvalue weighted by Crippen LogP contribution is -2.32. The highest BCUT2D eigenvalue weighted by Crippen LogP contribution is 2.15. The Morgan fingerprint density at radius 2 is 2.10 bits per heavy atom. The van der Waals surface area contributed by atoms with E-state index in [-0.39, 0.29) is 0 Å². The lowest BCUT2D eigenvalue weighted by Gasteiger charge is -2.19. The number of alkyl carbamates (subject to hydrolysis) is 1. The molecule has 0 aliphatic rings. The molecule has 1 aromatic rings. The first-order chi connectivity index (χ1) is 9.80. The van der Waals surface area contributed by atoms with E-state index in [9.17, 15) is 4.79 Å². The number of amidine groups is 1. The Balaban J connectivity index is 2.61. The van der Waals surface area contributed by atoms with Gasteiger partial charge in [-0.3, -0.25) is 0 Å². The number of ether oxygens (including phenoxy) is 1. The lowest BCUT2D eigenvalue weighted by molar-refractivity contribution is 0.0523. The maximum atomic E-state index is 11.6. The molecule has 0 saturated carbocycles. The molecular formula is C16H25N3O2. The summed E-state index contributed by atoms with van der Waals surface area (Å²) < 4.78 is 5.19. The van der Waals surface area contributed by atoms with E-state index in [0.29, 0.717) is 12.4 Å². The molecule has 0 radical (unpaired) electrons. The van der Waals surface area contributed by atoms with Gasteiger partial charge in [0.15, 0.2) is 0 Å². The van der Waals surface area contributed by atoms with Crippen molar-refractivity contribution in [2.24, 2.45) is 10.7 Å². The van der Waals surface area contributed by atoms with Gasteiger partial charge in [0, 0.05) is 13.0 Å². The van der Waals surface area contributed by atoms with Crippen molar-refractivity contribution in [3.63, 3.8) is 0 Å². The van der Waals surface area contributed by atoms with Crippen LogP contribution in [-0.2, 0) is 11.3 Å². The van der Waals surface area contributed by atoms with E-state index in [2.05, 4.69) is 17.2 Å². The molecular weight excluding hydrogens is 266 g/mol. The van der Waals surface area contributed by atoms with Crippen LogP contribution in [0.5, 0.6) is 0 Å². The molecule has 1 rings (SSSR count). The van der Waals surface area contributed by atoms with Gasteiger partial charge in [-0.25, -0.2) is 9.79 Å². The molecule has 0 fully saturated rings. The summed E-state index contributed by atoms with van der Waals surface area (Å²) in [6.07, 6.45) is 1.32. The summed E-state index contributed by atoms with van der Waals surface area (Å²) in [6.45, 7) is 7.95. The van der Waals surface area contributed by atoms with Gasteiger partial charge in [0.05, 0.1) is 11.5 Å². The van der Waals surface area contributed by atoms with E-state index in [1.54, 1.807) is 0 Å². The molecule has 0 unspecified atom stereocenters. The van der Waals surface area contributed by atoms with Crippen LogP contribution >= 0.6 is 0 Å². The van der Waals surface area contributed by atoms with Crippen LogP contribution in [0.4, 0.5) is 10.5 Å². The molecule has 116 valence electrons. The molecule has 21 heavy (non-hydrogen) atoms. The van der Waals surface area contributed by atoms with E-state index in [1.165, 1.54) is 0 Å². The summed E-state index contributed by atoms with van der Waals surface area (Å²) >= 11 is 0. The van der Waals surface area contributed by atoms with Crippen LogP contribution in [0.15, 0.2) is 29.3 Å². The molecule has 0 saturated heterocycles. The van der Waals surface area contributed by atoms with E-state index < -0.39 is 11.7 Å². The average Bonchev–Trinajstić information content (AvgIpc) is 2.35. The third-order valence-corrected chi connectivity index (χ3v) is 2.53. The minimum Gasteiger partial charge on any atom is -0.444 e. The fourth-order valence-corrected chi connectivity index (χ4v) is 1.70. The third kappa shape index (κ3) is 7.34. The van der Waals surface area contributed by atoms with E-state index in [1.807, 2.05) is 45.0 Å². The summed E-state index contributed by atoms with van der Waals surface area (Å²) in [5.74, 6) is 0.620. The van der Waals surface area contributed by atoms with Gasteiger partial charge in [0.25, 0.3) is 0 Å². The van der Waals surface area contributed by atoms with Crippen molar-refractivity contribution < 1.29 is 9.53 Å². The van der Waals surface area contributed by atoms with Crippen molar-refractivity contribution in [1.82, 2.24) is 5.32 Å². The number of carbonyl (C=O) groups excluding carboxylic acids is 1. The number of benzene rings is 1. The van der Waals surface area contributed by atoms with Crippen LogP contribution in [0.25, 0.3) is 0 Å². The van der Waals surface area contributed by atoms with Gasteiger partial charge in [-0.15, -0.1) is 0 Å². The fourth-order valence-electron chi connectivity index (χ4n) is 1.70. The van der Waals surface area contributed by atoms with Crippen molar-refractivity contribution in [2.75, 3.05) is 0 Å². The Kier molecular flexibility index (Phi) is 6.21. The van der Waals surface area contributed by atoms with E-state index in [0.717, 1.165) is 24.1 Å². The number of hydrogen-bond acceptors (Lipinski definition) is 3. The first kappa shape index (κ1) is 17.0. The van der Waals surface area contributed by atoms with E-state index >= 15 is 0 Å². The molecule has 0 aliphatic carbocycles. The summed E-state index contributed by atoms with van der Waals surface area (Å²) in [6, 6.07) is 7.61. The van der Waals surface area contributed by atoms with Crippen LogP contribution in [0.2, 0.25) is 0 Å². The second-order valence-corrected chi connectivity index (χ2v) is 5.88. The Bertz CT molecular complexity index is 504. The van der Waals surface area contributed by atoms with Crippen molar-refractivity contribution in [1.29, 1.82) is 0 Å². The Morgan fingerprint density at radius 3 is 2.71 bits per heavy atom. The van der Waals surface area contributed by atoms with Gasteiger partial charge >= 0.3 is 6.09 Å². The minimum absolute atomic E-state index is 0.395. The standard InChI is InChI=1S/C16H25N3O2/c1-5-7-14(17)19-13-9-6-8-12(10-13)11-18-15(20)21-16(2,3)4/h6,8-10H,5,7,11H2,1-4H3,(H2,17,19)(H,18,20). The van der Waals surface area contributed by atoms with Gasteiger partial charge in [-0.2, -0.15) is 0 Å². The Morgan fingerprint density at radius 1 is 1.38 bits per heavy atom. The van der Waals surface area contributed by atoms with Gasteiger partial charge in [0.2, 0.25) is 0 Å². The number of nitrogens with one attached hydrogen (secondary N) is 1. The zero-order valence-corrected chi connectivity index (χ0v) is 13.3. The number of carbonyl (C=O) groups is 1. The molecule has 0 spiro atoms. The van der Waals surface area contributed by atoms with Gasteiger partial charge in [-0.1, -0.05) is 19.1 Å². The second kappa shape index (κ2) is 7.67. The average molecular weight is 291 g/mol. The van der Waals surface area contributed by atoms with Crippen LogP contribution < -0.4 is 11.1 Å². The first-order valence-electron chi connectivity index (χ1n) is 7.19. The fraction of sp³-hybridized carbons (Fsp3) is 0.500. The van der Waals surface area contributed by atoms with E-state index in [4.69, 9.17) is 10.5 Å². The van der Waals surface area contributed by atoms with Crippen molar-refractivity contribution in [2.45, 2.75) is 52.7 Å². The highest BCUT2D eigenvalue weighted by molar-refractivity contribution is 5.83. The molecule has 3 N–H and O–H groups in total. The van der Waals surface area contributed by atoms with Crippen LogP contribution in [-0.4, -0.2) is 17.5 Å². The van der Waals surface area contributed by atoms with Crippen LogP contribution in [0.3, 0.4) is 0 Å². The SMILES string of the molecule is CCCC(N)=Nc1cccc(CNC(=O)OC(C)(C)C)c1. The highest BCUT2D eigenvalue weighted by Gasteiger charge is 2.15. The smallest absolute Gasteiger partial charge is 0.407 e. The zero-order chi connectivity index (χ0) is 15.9. The highest BCUT2D eigenvalue weighted by atomic mass is 16.6. The molecule has 5 heteroatoms. The maximum absolute atomic E-state index is 11.6. The maximum Gasteiger partial charge on any atom is 0.407 e. The largest absolute Gasteiger partial charge is 0.444 e. The van der Waals surface area contributed by atoms with Crippen molar-refractivity contribution in [3.05, 3.63) is 29.8 Å². The molecule has 0 bridgehead atoms. The molecule has 1 aromatic carbocycles. The topological polar surface area (TPSA) is 76.7 Å². The second-order valence-electron chi connectivity index (χ2n) is 5.88. The zero-order valence-electron chi connectivity index (χ0n) is 13.3. The molecule has 1 amide bonds. The number of amides is 1. The van der Waals surface area contributed by atoms with Crippen molar-refractivity contribution >= 4 is 17.6 Å². The van der Waals surface area contributed by atoms with Gasteiger partial charge in [-0.05, 0) is 44.9 Å². The molecule has 0 aliphatic heterocycles. The predicted molar refractivity (Wildman–Crippen MR) is 85.7 cm³/mol. The first-order valence-corrected chi connectivity index (χ1v) is 7.19. The van der Waals surface area contributed by atoms with Gasteiger partial charge in [0.1, 0.15) is 5.60 Å². The molecule has 5 nitrogen and oxygen atoms in total. The van der Waals surface area contributed by atoms with Crippen LogP contribution in [0.1, 0.15) is 46.1 Å². The summed E-state index contributed by atoms with van der Waals surface area (Å²) in [5.41, 5.74) is 7.07. The number of nitrogens with two attached hydrogens (primary N) is 1. The normalized spacial score (nSPS) is 12.1. The monoisotopic (exact) mass is 291 g/mol. The van der Waals surface area contributed by atoms with Crippen LogP contribution in [0, 0.1) is 0 Å². The number of nitrogens with zero attached hydrogens (tertiary/aromatic N) is 1. The molecule has 0 aromatic heterocycles. The number of rotatable bonds is 5. The molecule has 0 atom stereocenters. The Hall–Kier alpha value is -2.04. The summed E-state index contributed by atoms with van der Waals surface area (Å²) in [7, 11) is 0. The minimum atomic E-state index is -0.495. The Labute approximate surface area is 126 Å². The third-order valence-electron chi connectivity index (χ3n) is 2.53. The lowest BCUT2D eigenvalue weighted by atomic mass is 10.2. The van der Waals surface area contributed by atoms with Gasteiger partial charge < -0.3 is 15.8 Å². The quantitative estimate of drug-likeness (QED) is 0.644. The predicted octanol–water partition coefficient (Wildman–Crippen LogP) is 3.50. The summed E-state index contributed by atoms with van der Waals surface area (Å²) in [4.78, 5) is 15.9.